The fraction of sp³-hybridized carbons (Fsp3) is 0.278. The fourth-order valence-corrected chi connectivity index (χ4v) is 2.85. The van der Waals surface area contributed by atoms with Gasteiger partial charge in [-0.3, -0.25) is 4.79 Å². The second kappa shape index (κ2) is 7.01. The normalized spacial score (nSPS) is 14.0. The molecule has 0 aromatic heterocycles. The maximum atomic E-state index is 12.4. The Morgan fingerprint density at radius 1 is 1.21 bits per heavy atom. The first-order chi connectivity index (χ1) is 11.6. The van der Waals surface area contributed by atoms with Crippen molar-refractivity contribution in [1.82, 2.24) is 5.32 Å². The number of carbonyl (C=O) groups is 1. The van der Waals surface area contributed by atoms with E-state index in [-0.39, 0.29) is 11.9 Å². The summed E-state index contributed by atoms with van der Waals surface area (Å²) in [5.41, 5.74) is 1.30. The predicted octanol–water partition coefficient (Wildman–Crippen LogP) is 3.61. The zero-order valence-electron chi connectivity index (χ0n) is 13.5. The van der Waals surface area contributed by atoms with Crippen LogP contribution in [0, 0.1) is 0 Å². The van der Waals surface area contributed by atoms with Gasteiger partial charge in [0, 0.05) is 16.7 Å². The van der Waals surface area contributed by atoms with Crippen LogP contribution in [0.5, 0.6) is 17.2 Å². The Bertz CT molecular complexity index is 763. The lowest BCUT2D eigenvalue weighted by Crippen LogP contribution is -2.27. The molecule has 1 N–H and O–H groups in total. The predicted molar refractivity (Wildman–Crippen MR) is 91.3 cm³/mol. The summed E-state index contributed by atoms with van der Waals surface area (Å²) in [5.74, 6) is 1.70. The maximum Gasteiger partial charge on any atom is 0.251 e. The number of carbonyl (C=O) groups excluding carboxylic acids is 1. The van der Waals surface area contributed by atoms with Crippen LogP contribution in [0.3, 0.4) is 0 Å². The smallest absolute Gasteiger partial charge is 0.251 e. The summed E-state index contributed by atoms with van der Waals surface area (Å²) in [6, 6.07) is 10.2. The average molecular weight is 348 g/mol. The van der Waals surface area contributed by atoms with E-state index in [2.05, 4.69) is 5.32 Å². The summed E-state index contributed by atoms with van der Waals surface area (Å²) in [6.07, 6.45) is 0. The molecule has 1 atom stereocenters. The maximum absolute atomic E-state index is 12.4. The number of hydrogen-bond donors (Lipinski definition) is 1. The second-order valence-electron chi connectivity index (χ2n) is 5.44. The lowest BCUT2D eigenvalue weighted by atomic mass is 10.1. The van der Waals surface area contributed by atoms with Gasteiger partial charge in [-0.1, -0.05) is 17.7 Å². The number of fused-ring (bicyclic) bond motifs is 1. The first-order valence-electron chi connectivity index (χ1n) is 7.62. The Labute approximate surface area is 145 Å². The van der Waals surface area contributed by atoms with Crippen molar-refractivity contribution in [3.05, 3.63) is 52.5 Å². The number of methoxy groups -OCH3 is 1. The molecule has 0 bridgehead atoms. The van der Waals surface area contributed by atoms with Crippen LogP contribution in [-0.2, 0) is 0 Å². The van der Waals surface area contributed by atoms with E-state index in [1.165, 1.54) is 0 Å². The number of hydrogen-bond acceptors (Lipinski definition) is 4. The largest absolute Gasteiger partial charge is 0.497 e. The van der Waals surface area contributed by atoms with E-state index in [0.29, 0.717) is 41.0 Å². The molecular formula is C18H18ClNO4. The third-order valence-electron chi connectivity index (χ3n) is 3.81. The van der Waals surface area contributed by atoms with Crippen molar-refractivity contribution in [2.24, 2.45) is 0 Å². The Kier molecular flexibility index (Phi) is 4.81. The summed E-state index contributed by atoms with van der Waals surface area (Å²) in [5, 5.41) is 3.46. The zero-order chi connectivity index (χ0) is 17.1. The minimum Gasteiger partial charge on any atom is -0.497 e. The molecule has 6 heteroatoms. The highest BCUT2D eigenvalue weighted by atomic mass is 35.5. The van der Waals surface area contributed by atoms with Crippen LogP contribution in [0.1, 0.15) is 28.9 Å². The summed E-state index contributed by atoms with van der Waals surface area (Å²) in [7, 11) is 1.56. The summed E-state index contributed by atoms with van der Waals surface area (Å²) in [6.45, 7) is 2.87. The summed E-state index contributed by atoms with van der Waals surface area (Å²) >= 11 is 6.33. The van der Waals surface area contributed by atoms with Crippen molar-refractivity contribution in [2.75, 3.05) is 20.3 Å². The highest BCUT2D eigenvalue weighted by molar-refractivity contribution is 6.31. The monoisotopic (exact) mass is 347 g/mol. The molecule has 0 saturated heterocycles. The highest BCUT2D eigenvalue weighted by Crippen LogP contribution is 2.37. The third-order valence-corrected chi connectivity index (χ3v) is 4.13. The van der Waals surface area contributed by atoms with Crippen LogP contribution < -0.4 is 19.5 Å². The first-order valence-corrected chi connectivity index (χ1v) is 8.00. The van der Waals surface area contributed by atoms with Crippen molar-refractivity contribution < 1.29 is 19.0 Å². The third kappa shape index (κ3) is 3.41. The number of rotatable bonds is 4. The van der Waals surface area contributed by atoms with E-state index in [9.17, 15) is 4.79 Å². The molecule has 2 aromatic carbocycles. The van der Waals surface area contributed by atoms with Gasteiger partial charge in [0.05, 0.1) is 13.2 Å². The van der Waals surface area contributed by atoms with Crippen LogP contribution in [0.15, 0.2) is 36.4 Å². The Morgan fingerprint density at radius 3 is 2.62 bits per heavy atom. The van der Waals surface area contributed by atoms with Crippen molar-refractivity contribution in [3.8, 4) is 17.2 Å². The summed E-state index contributed by atoms with van der Waals surface area (Å²) < 4.78 is 16.2. The van der Waals surface area contributed by atoms with Gasteiger partial charge in [0.1, 0.15) is 19.0 Å². The van der Waals surface area contributed by atoms with E-state index in [1.807, 2.05) is 13.0 Å². The van der Waals surface area contributed by atoms with Gasteiger partial charge in [-0.2, -0.15) is 0 Å². The minimum atomic E-state index is -0.285. The lowest BCUT2D eigenvalue weighted by Gasteiger charge is -2.22. The van der Waals surface area contributed by atoms with Gasteiger partial charge in [0.25, 0.3) is 5.91 Å². The Hall–Kier alpha value is -2.40. The molecule has 0 radical (unpaired) electrons. The van der Waals surface area contributed by atoms with E-state index >= 15 is 0 Å². The molecule has 126 valence electrons. The second-order valence-corrected chi connectivity index (χ2v) is 5.85. The molecule has 0 aliphatic carbocycles. The quantitative estimate of drug-likeness (QED) is 0.918. The van der Waals surface area contributed by atoms with Gasteiger partial charge in [-0.25, -0.2) is 0 Å². The molecule has 5 nitrogen and oxygen atoms in total. The van der Waals surface area contributed by atoms with Crippen LogP contribution in [0.2, 0.25) is 5.02 Å². The number of benzene rings is 2. The van der Waals surface area contributed by atoms with E-state index in [1.54, 1.807) is 37.4 Å². The highest BCUT2D eigenvalue weighted by Gasteiger charge is 2.20. The number of halogens is 1. The van der Waals surface area contributed by atoms with Gasteiger partial charge >= 0.3 is 0 Å². The standard InChI is InChI=1S/C18H18ClNO4/c1-11(20-18(21)12-4-3-5-13(8-12)22-2)14-9-16-17(10-15(14)19)24-7-6-23-16/h3-5,8-11H,6-7H2,1-2H3,(H,20,21). The number of amides is 1. The lowest BCUT2D eigenvalue weighted by molar-refractivity contribution is 0.0939. The average Bonchev–Trinajstić information content (AvgIpc) is 2.61. The molecular weight excluding hydrogens is 330 g/mol. The molecule has 3 rings (SSSR count). The SMILES string of the molecule is COc1cccc(C(=O)NC(C)c2cc3c(cc2Cl)OCCO3)c1. The first kappa shape index (κ1) is 16.5. The molecule has 1 heterocycles. The topological polar surface area (TPSA) is 56.8 Å². The minimum absolute atomic E-state index is 0.202. The molecule has 1 amide bonds. The molecule has 1 aliphatic heterocycles. The van der Waals surface area contributed by atoms with Crippen molar-refractivity contribution in [2.45, 2.75) is 13.0 Å². The van der Waals surface area contributed by atoms with Crippen LogP contribution in [0.4, 0.5) is 0 Å². The van der Waals surface area contributed by atoms with Crippen molar-refractivity contribution in [1.29, 1.82) is 0 Å². The van der Waals surface area contributed by atoms with Gasteiger partial charge in [-0.15, -0.1) is 0 Å². The Morgan fingerprint density at radius 2 is 1.92 bits per heavy atom. The number of nitrogens with one attached hydrogen (secondary N) is 1. The molecule has 0 fully saturated rings. The van der Waals surface area contributed by atoms with E-state index in [4.69, 9.17) is 25.8 Å². The van der Waals surface area contributed by atoms with Gasteiger partial charge in [0.2, 0.25) is 0 Å². The summed E-state index contributed by atoms with van der Waals surface area (Å²) in [4.78, 5) is 12.4. The van der Waals surface area contributed by atoms with Crippen molar-refractivity contribution in [3.63, 3.8) is 0 Å². The molecule has 1 unspecified atom stereocenters. The van der Waals surface area contributed by atoms with Gasteiger partial charge in [-0.05, 0) is 36.8 Å². The van der Waals surface area contributed by atoms with Crippen LogP contribution in [0.25, 0.3) is 0 Å². The molecule has 0 saturated carbocycles. The molecule has 0 spiro atoms. The van der Waals surface area contributed by atoms with Gasteiger partial charge < -0.3 is 19.5 Å². The molecule has 2 aromatic rings. The van der Waals surface area contributed by atoms with Gasteiger partial charge in [0.15, 0.2) is 11.5 Å². The van der Waals surface area contributed by atoms with Crippen LogP contribution in [-0.4, -0.2) is 26.2 Å². The molecule has 1 aliphatic rings. The zero-order valence-corrected chi connectivity index (χ0v) is 14.2. The number of ether oxygens (including phenoxy) is 3. The Balaban J connectivity index is 1.79. The fourth-order valence-electron chi connectivity index (χ4n) is 2.53. The van der Waals surface area contributed by atoms with E-state index < -0.39 is 0 Å². The van der Waals surface area contributed by atoms with E-state index in [0.717, 1.165) is 5.56 Å². The molecule has 24 heavy (non-hydrogen) atoms. The van der Waals surface area contributed by atoms with Crippen LogP contribution >= 0.6 is 11.6 Å². The van der Waals surface area contributed by atoms with Crippen molar-refractivity contribution >= 4 is 17.5 Å².